The van der Waals surface area contributed by atoms with Crippen LogP contribution in [0.3, 0.4) is 0 Å². The molecule has 0 atom stereocenters. The maximum Gasteiger partial charge on any atom is 0.269 e. The fourth-order valence-electron chi connectivity index (χ4n) is 1.60. The third-order valence-corrected chi connectivity index (χ3v) is 2.87. The van der Waals surface area contributed by atoms with Crippen molar-refractivity contribution >= 4 is 17.5 Å². The minimum Gasteiger partial charge on any atom is -0.350 e. The molecular formula is C14H12ClFN2O. The summed E-state index contributed by atoms with van der Waals surface area (Å²) in [6.07, 6.45) is 2.15. The molecule has 0 saturated heterocycles. The highest BCUT2D eigenvalue weighted by Gasteiger charge is 2.05. The number of hydrogen-bond donors (Lipinski definition) is 1. The summed E-state index contributed by atoms with van der Waals surface area (Å²) >= 11 is 5.68. The zero-order valence-electron chi connectivity index (χ0n) is 10.1. The number of hydrogen-bond acceptors (Lipinski definition) is 2. The van der Waals surface area contributed by atoms with Gasteiger partial charge in [-0.3, -0.25) is 9.78 Å². The van der Waals surface area contributed by atoms with Gasteiger partial charge in [-0.05, 0) is 36.2 Å². The smallest absolute Gasteiger partial charge is 0.269 e. The first kappa shape index (κ1) is 13.5. The zero-order valence-corrected chi connectivity index (χ0v) is 10.8. The summed E-state index contributed by atoms with van der Waals surface area (Å²) in [4.78, 5) is 15.6. The maximum atomic E-state index is 13.0. The highest BCUT2D eigenvalue weighted by atomic mass is 35.5. The van der Waals surface area contributed by atoms with E-state index in [0.29, 0.717) is 18.7 Å². The number of carbonyl (C=O) groups excluding carboxylic acids is 1. The molecule has 1 aromatic carbocycles. The Labute approximate surface area is 115 Å². The van der Waals surface area contributed by atoms with Crippen LogP contribution >= 0.6 is 11.6 Å². The fourth-order valence-corrected chi connectivity index (χ4v) is 1.81. The Bertz CT molecular complexity index is 575. The second-order valence-electron chi connectivity index (χ2n) is 3.97. The molecule has 1 aromatic heterocycles. The van der Waals surface area contributed by atoms with E-state index in [0.717, 1.165) is 5.56 Å². The summed E-state index contributed by atoms with van der Waals surface area (Å²) < 4.78 is 13.0. The molecule has 0 saturated carbocycles. The maximum absolute atomic E-state index is 13.0. The number of nitrogens with zero attached hydrogens (tertiary/aromatic N) is 1. The van der Waals surface area contributed by atoms with Gasteiger partial charge in [-0.15, -0.1) is 0 Å². The number of benzene rings is 1. The lowest BCUT2D eigenvalue weighted by atomic mass is 10.1. The molecule has 3 nitrogen and oxygen atoms in total. The predicted octanol–water partition coefficient (Wildman–Crippen LogP) is 2.85. The van der Waals surface area contributed by atoms with E-state index in [4.69, 9.17) is 11.6 Å². The average molecular weight is 279 g/mol. The van der Waals surface area contributed by atoms with Crippen LogP contribution in [-0.2, 0) is 6.42 Å². The van der Waals surface area contributed by atoms with E-state index >= 15 is 0 Å². The van der Waals surface area contributed by atoms with Crippen molar-refractivity contribution in [1.82, 2.24) is 10.3 Å². The number of carbonyl (C=O) groups is 1. The molecule has 0 spiro atoms. The Morgan fingerprint density at radius 1 is 1.32 bits per heavy atom. The van der Waals surface area contributed by atoms with E-state index in [1.54, 1.807) is 36.5 Å². The molecule has 98 valence electrons. The number of rotatable bonds is 4. The van der Waals surface area contributed by atoms with Crippen LogP contribution in [0.2, 0.25) is 5.02 Å². The molecule has 0 fully saturated rings. The minimum atomic E-state index is -0.442. The van der Waals surface area contributed by atoms with Crippen molar-refractivity contribution in [2.24, 2.45) is 0 Å². The highest BCUT2D eigenvalue weighted by molar-refractivity contribution is 6.30. The van der Waals surface area contributed by atoms with E-state index < -0.39 is 5.82 Å². The van der Waals surface area contributed by atoms with Crippen molar-refractivity contribution in [2.45, 2.75) is 6.42 Å². The average Bonchev–Trinajstić information content (AvgIpc) is 2.43. The standard InChI is InChI=1S/C14H12ClFN2O/c15-11-9-10(4-5-12(11)16)6-8-18-14(19)13-3-1-2-7-17-13/h1-5,7,9H,6,8H2,(H,18,19). The van der Waals surface area contributed by atoms with Crippen molar-refractivity contribution in [1.29, 1.82) is 0 Å². The van der Waals surface area contributed by atoms with Crippen LogP contribution in [0.15, 0.2) is 42.6 Å². The van der Waals surface area contributed by atoms with E-state index in [1.165, 1.54) is 6.07 Å². The largest absolute Gasteiger partial charge is 0.350 e. The van der Waals surface area contributed by atoms with Gasteiger partial charge < -0.3 is 5.32 Å². The molecule has 1 amide bonds. The number of nitrogens with one attached hydrogen (secondary N) is 1. The van der Waals surface area contributed by atoms with Crippen LogP contribution in [0.1, 0.15) is 16.1 Å². The Hall–Kier alpha value is -1.94. The molecule has 19 heavy (non-hydrogen) atoms. The molecule has 2 rings (SSSR count). The monoisotopic (exact) mass is 278 g/mol. The Balaban J connectivity index is 1.87. The normalized spacial score (nSPS) is 10.2. The molecule has 0 bridgehead atoms. The summed E-state index contributed by atoms with van der Waals surface area (Å²) in [6.45, 7) is 0.442. The Morgan fingerprint density at radius 2 is 2.16 bits per heavy atom. The van der Waals surface area contributed by atoms with Crippen molar-refractivity contribution in [2.75, 3.05) is 6.54 Å². The third-order valence-electron chi connectivity index (χ3n) is 2.58. The van der Waals surface area contributed by atoms with Gasteiger partial charge in [-0.25, -0.2) is 4.39 Å². The SMILES string of the molecule is O=C(NCCc1ccc(F)c(Cl)c1)c1ccccn1. The van der Waals surface area contributed by atoms with E-state index in [2.05, 4.69) is 10.3 Å². The molecule has 2 aromatic rings. The van der Waals surface area contributed by atoms with Crippen LogP contribution < -0.4 is 5.32 Å². The molecule has 1 N–H and O–H groups in total. The molecule has 5 heteroatoms. The first-order chi connectivity index (χ1) is 9.16. The van der Waals surface area contributed by atoms with Crippen molar-refractivity contribution in [3.63, 3.8) is 0 Å². The molecule has 0 radical (unpaired) electrons. The van der Waals surface area contributed by atoms with Gasteiger partial charge in [0, 0.05) is 12.7 Å². The van der Waals surface area contributed by atoms with Gasteiger partial charge >= 0.3 is 0 Å². The minimum absolute atomic E-state index is 0.0913. The van der Waals surface area contributed by atoms with Crippen LogP contribution in [0.4, 0.5) is 4.39 Å². The highest BCUT2D eigenvalue weighted by Crippen LogP contribution is 2.16. The van der Waals surface area contributed by atoms with Gasteiger partial charge in [0.15, 0.2) is 0 Å². The van der Waals surface area contributed by atoms with Gasteiger partial charge in [-0.1, -0.05) is 23.7 Å². The van der Waals surface area contributed by atoms with Gasteiger partial charge in [0.2, 0.25) is 0 Å². The van der Waals surface area contributed by atoms with Gasteiger partial charge in [-0.2, -0.15) is 0 Å². The number of pyridine rings is 1. The number of halogens is 2. The van der Waals surface area contributed by atoms with Crippen molar-refractivity contribution < 1.29 is 9.18 Å². The number of amides is 1. The lowest BCUT2D eigenvalue weighted by Crippen LogP contribution is -2.26. The van der Waals surface area contributed by atoms with Crippen LogP contribution in [0, 0.1) is 5.82 Å². The fraction of sp³-hybridized carbons (Fsp3) is 0.143. The van der Waals surface area contributed by atoms with Gasteiger partial charge in [0.25, 0.3) is 5.91 Å². The van der Waals surface area contributed by atoms with Crippen molar-refractivity contribution in [3.05, 3.63) is 64.7 Å². The molecule has 0 unspecified atom stereocenters. The van der Waals surface area contributed by atoms with E-state index in [1.807, 2.05) is 0 Å². The molecular weight excluding hydrogens is 267 g/mol. The first-order valence-corrected chi connectivity index (χ1v) is 6.18. The van der Waals surface area contributed by atoms with Crippen LogP contribution in [0.25, 0.3) is 0 Å². The lowest BCUT2D eigenvalue weighted by Gasteiger charge is -2.05. The summed E-state index contributed by atoms with van der Waals surface area (Å²) in [5.74, 6) is -0.670. The van der Waals surface area contributed by atoms with Crippen molar-refractivity contribution in [3.8, 4) is 0 Å². The lowest BCUT2D eigenvalue weighted by molar-refractivity contribution is 0.0949. The summed E-state index contributed by atoms with van der Waals surface area (Å²) in [5, 5.41) is 2.83. The Morgan fingerprint density at radius 3 is 2.84 bits per heavy atom. The van der Waals surface area contributed by atoms with E-state index in [9.17, 15) is 9.18 Å². The summed E-state index contributed by atoms with van der Waals surface area (Å²) in [6, 6.07) is 9.67. The molecule has 1 heterocycles. The Kier molecular flexibility index (Phi) is 4.47. The van der Waals surface area contributed by atoms with E-state index in [-0.39, 0.29) is 10.9 Å². The second kappa shape index (κ2) is 6.29. The van der Waals surface area contributed by atoms with Crippen LogP contribution in [-0.4, -0.2) is 17.4 Å². The van der Waals surface area contributed by atoms with Gasteiger partial charge in [0.1, 0.15) is 11.5 Å². The molecule has 0 aliphatic rings. The topological polar surface area (TPSA) is 42.0 Å². The first-order valence-electron chi connectivity index (χ1n) is 5.80. The predicted molar refractivity (Wildman–Crippen MR) is 71.7 cm³/mol. The molecule has 0 aliphatic carbocycles. The quantitative estimate of drug-likeness (QED) is 0.934. The zero-order chi connectivity index (χ0) is 13.7. The number of aromatic nitrogens is 1. The third kappa shape index (κ3) is 3.76. The van der Waals surface area contributed by atoms with Gasteiger partial charge in [0.05, 0.1) is 5.02 Å². The molecule has 0 aliphatic heterocycles. The van der Waals surface area contributed by atoms with Crippen LogP contribution in [0.5, 0.6) is 0 Å². The summed E-state index contributed by atoms with van der Waals surface area (Å²) in [7, 11) is 0. The summed E-state index contributed by atoms with van der Waals surface area (Å²) in [5.41, 5.74) is 1.24. The second-order valence-corrected chi connectivity index (χ2v) is 4.38.